The molecule has 2 N–H and O–H groups in total. The van der Waals surface area contributed by atoms with E-state index in [1.807, 2.05) is 13.8 Å². The van der Waals surface area contributed by atoms with Crippen LogP contribution in [-0.4, -0.2) is 4.98 Å². The van der Waals surface area contributed by atoms with E-state index in [0.29, 0.717) is 0 Å². The van der Waals surface area contributed by atoms with Gasteiger partial charge in [-0.3, -0.25) is 0 Å². The van der Waals surface area contributed by atoms with Crippen molar-refractivity contribution in [2.24, 2.45) is 5.73 Å². The van der Waals surface area contributed by atoms with E-state index in [0.717, 1.165) is 21.1 Å². The Bertz CT molecular complexity index is 490. The normalized spacial score (nSPS) is 12.8. The lowest BCUT2D eigenvalue weighted by atomic mass is 10.1. The molecule has 0 aliphatic rings. The summed E-state index contributed by atoms with van der Waals surface area (Å²) >= 11 is 1.59. The first kappa shape index (κ1) is 11.2. The molecule has 1 heterocycles. The lowest BCUT2D eigenvalue weighted by Gasteiger charge is -2.10. The molecule has 2 rings (SSSR count). The van der Waals surface area contributed by atoms with Crippen LogP contribution in [0.2, 0.25) is 0 Å². The molecular weight excluding hydrogens is 223 g/mol. The molecular formula is C12H13FN2S. The predicted octanol–water partition coefficient (Wildman–Crippen LogP) is 2.95. The molecule has 0 bridgehead atoms. The maximum atomic E-state index is 12.8. The van der Waals surface area contributed by atoms with E-state index < -0.39 is 0 Å². The lowest BCUT2D eigenvalue weighted by molar-refractivity contribution is 0.626. The summed E-state index contributed by atoms with van der Waals surface area (Å²) in [4.78, 5) is 5.39. The van der Waals surface area contributed by atoms with E-state index in [2.05, 4.69) is 4.98 Å². The molecule has 84 valence electrons. The van der Waals surface area contributed by atoms with Gasteiger partial charge >= 0.3 is 0 Å². The van der Waals surface area contributed by atoms with E-state index in [4.69, 9.17) is 5.73 Å². The van der Waals surface area contributed by atoms with Crippen molar-refractivity contribution in [3.63, 3.8) is 0 Å². The Kier molecular flexibility index (Phi) is 3.03. The maximum absolute atomic E-state index is 12.8. The summed E-state index contributed by atoms with van der Waals surface area (Å²) in [6.07, 6.45) is 0. The van der Waals surface area contributed by atoms with Gasteiger partial charge in [0.25, 0.3) is 0 Å². The van der Waals surface area contributed by atoms with E-state index in [-0.39, 0.29) is 11.9 Å². The molecule has 16 heavy (non-hydrogen) atoms. The van der Waals surface area contributed by atoms with Gasteiger partial charge in [-0.25, -0.2) is 9.37 Å². The number of aryl methyl sites for hydroxylation is 2. The van der Waals surface area contributed by atoms with Gasteiger partial charge in [0.15, 0.2) is 0 Å². The van der Waals surface area contributed by atoms with Crippen LogP contribution in [0, 0.1) is 19.7 Å². The summed E-state index contributed by atoms with van der Waals surface area (Å²) in [7, 11) is 0. The number of rotatable bonds is 2. The Balaban J connectivity index is 2.35. The molecule has 0 aliphatic heterocycles. The largest absolute Gasteiger partial charge is 0.320 e. The van der Waals surface area contributed by atoms with Crippen molar-refractivity contribution in [1.82, 2.24) is 4.98 Å². The Morgan fingerprint density at radius 2 is 1.88 bits per heavy atom. The molecule has 2 nitrogen and oxygen atoms in total. The third-order valence-electron chi connectivity index (χ3n) is 2.45. The van der Waals surface area contributed by atoms with Crippen LogP contribution < -0.4 is 5.73 Å². The summed E-state index contributed by atoms with van der Waals surface area (Å²) in [5.74, 6) is -0.242. The van der Waals surface area contributed by atoms with Crippen LogP contribution in [0.1, 0.15) is 27.2 Å². The van der Waals surface area contributed by atoms with Gasteiger partial charge in [0.05, 0.1) is 16.7 Å². The van der Waals surface area contributed by atoms with Crippen LogP contribution in [0.15, 0.2) is 24.3 Å². The van der Waals surface area contributed by atoms with E-state index >= 15 is 0 Å². The first-order valence-electron chi connectivity index (χ1n) is 5.03. The Morgan fingerprint density at radius 3 is 2.38 bits per heavy atom. The monoisotopic (exact) mass is 236 g/mol. The van der Waals surface area contributed by atoms with Gasteiger partial charge in [-0.15, -0.1) is 11.3 Å². The molecule has 0 aliphatic carbocycles. The summed E-state index contributed by atoms with van der Waals surface area (Å²) in [5.41, 5.74) is 8.00. The summed E-state index contributed by atoms with van der Waals surface area (Å²) in [6.45, 7) is 3.90. The molecule has 4 heteroatoms. The number of hydrogen-bond donors (Lipinski definition) is 1. The number of thiazole rings is 1. The zero-order valence-corrected chi connectivity index (χ0v) is 10.0. The average Bonchev–Trinajstić information content (AvgIpc) is 2.58. The molecule has 0 radical (unpaired) electrons. The second-order valence-electron chi connectivity index (χ2n) is 3.71. The van der Waals surface area contributed by atoms with Gasteiger partial charge < -0.3 is 5.73 Å². The molecule has 1 unspecified atom stereocenters. The summed E-state index contributed by atoms with van der Waals surface area (Å²) in [6, 6.07) is 6.08. The second-order valence-corrected chi connectivity index (χ2v) is 4.95. The third kappa shape index (κ3) is 2.13. The van der Waals surface area contributed by atoms with Gasteiger partial charge in [0.2, 0.25) is 0 Å². The molecule has 0 fully saturated rings. The first-order valence-corrected chi connectivity index (χ1v) is 5.84. The average molecular weight is 236 g/mol. The van der Waals surface area contributed by atoms with E-state index in [1.165, 1.54) is 12.1 Å². The van der Waals surface area contributed by atoms with Crippen molar-refractivity contribution in [1.29, 1.82) is 0 Å². The van der Waals surface area contributed by atoms with Crippen molar-refractivity contribution >= 4 is 11.3 Å². The van der Waals surface area contributed by atoms with Crippen LogP contribution in [0.3, 0.4) is 0 Å². The van der Waals surface area contributed by atoms with E-state index in [9.17, 15) is 4.39 Å². The molecule has 0 spiro atoms. The highest BCUT2D eigenvalue weighted by molar-refractivity contribution is 7.11. The lowest BCUT2D eigenvalue weighted by Crippen LogP contribution is -2.11. The molecule has 2 aromatic rings. The number of hydrogen-bond acceptors (Lipinski definition) is 3. The van der Waals surface area contributed by atoms with Gasteiger partial charge in [-0.05, 0) is 31.5 Å². The maximum Gasteiger partial charge on any atom is 0.123 e. The fourth-order valence-electron chi connectivity index (χ4n) is 1.66. The van der Waals surface area contributed by atoms with Gasteiger partial charge in [-0.2, -0.15) is 0 Å². The van der Waals surface area contributed by atoms with Crippen LogP contribution in [0.5, 0.6) is 0 Å². The predicted molar refractivity (Wildman–Crippen MR) is 64.0 cm³/mol. The van der Waals surface area contributed by atoms with Crippen molar-refractivity contribution in [2.45, 2.75) is 19.9 Å². The Labute approximate surface area is 97.9 Å². The van der Waals surface area contributed by atoms with Gasteiger partial charge in [-0.1, -0.05) is 12.1 Å². The molecule has 0 amide bonds. The van der Waals surface area contributed by atoms with Crippen molar-refractivity contribution < 1.29 is 4.39 Å². The highest BCUT2D eigenvalue weighted by atomic mass is 32.1. The molecule has 1 atom stereocenters. The minimum Gasteiger partial charge on any atom is -0.320 e. The zero-order valence-electron chi connectivity index (χ0n) is 9.20. The SMILES string of the molecule is Cc1nc(C)c(C(N)c2ccc(F)cc2)s1. The van der Waals surface area contributed by atoms with Crippen molar-refractivity contribution in [3.05, 3.63) is 51.2 Å². The Morgan fingerprint density at radius 1 is 1.25 bits per heavy atom. The smallest absolute Gasteiger partial charge is 0.123 e. The third-order valence-corrected chi connectivity index (χ3v) is 3.61. The molecule has 1 aromatic heterocycles. The fraction of sp³-hybridized carbons (Fsp3) is 0.250. The number of nitrogens with zero attached hydrogens (tertiary/aromatic N) is 1. The minimum atomic E-state index is -0.242. The summed E-state index contributed by atoms with van der Waals surface area (Å²) in [5, 5.41) is 1.00. The van der Waals surface area contributed by atoms with E-state index in [1.54, 1.807) is 23.5 Å². The second kappa shape index (κ2) is 4.31. The van der Waals surface area contributed by atoms with Gasteiger partial charge in [0.1, 0.15) is 5.82 Å². The summed E-state index contributed by atoms with van der Waals surface area (Å²) < 4.78 is 12.8. The van der Waals surface area contributed by atoms with Gasteiger partial charge in [0, 0.05) is 4.88 Å². The standard InChI is InChI=1S/C12H13FN2S/c1-7-12(16-8(2)15-7)11(14)9-3-5-10(13)6-4-9/h3-6,11H,14H2,1-2H3. The quantitative estimate of drug-likeness (QED) is 0.870. The highest BCUT2D eigenvalue weighted by Gasteiger charge is 2.15. The Hall–Kier alpha value is -1.26. The van der Waals surface area contributed by atoms with Crippen LogP contribution in [0.4, 0.5) is 4.39 Å². The van der Waals surface area contributed by atoms with Crippen LogP contribution in [0.25, 0.3) is 0 Å². The number of halogens is 1. The fourth-order valence-corrected chi connectivity index (χ4v) is 2.61. The molecule has 1 aromatic carbocycles. The minimum absolute atomic E-state index is 0.216. The number of aromatic nitrogens is 1. The number of benzene rings is 1. The van der Waals surface area contributed by atoms with Crippen molar-refractivity contribution in [3.8, 4) is 0 Å². The molecule has 0 saturated carbocycles. The van der Waals surface area contributed by atoms with Crippen LogP contribution >= 0.6 is 11.3 Å². The molecule has 0 saturated heterocycles. The zero-order chi connectivity index (χ0) is 11.7. The highest BCUT2D eigenvalue weighted by Crippen LogP contribution is 2.27. The van der Waals surface area contributed by atoms with Crippen molar-refractivity contribution in [2.75, 3.05) is 0 Å². The first-order chi connectivity index (χ1) is 7.58. The number of nitrogens with two attached hydrogens (primary N) is 1. The van der Waals surface area contributed by atoms with Crippen LogP contribution in [-0.2, 0) is 0 Å². The topological polar surface area (TPSA) is 38.9 Å².